The lowest BCUT2D eigenvalue weighted by Gasteiger charge is -2.23. The zero-order valence-electron chi connectivity index (χ0n) is 14.4. The number of methoxy groups -OCH3 is 1. The summed E-state index contributed by atoms with van der Waals surface area (Å²) < 4.78 is 5.72. The molecular formula is C19H17N3O4. The van der Waals surface area contributed by atoms with Crippen molar-refractivity contribution in [3.05, 3.63) is 63.6 Å². The lowest BCUT2D eigenvalue weighted by Crippen LogP contribution is -2.40. The summed E-state index contributed by atoms with van der Waals surface area (Å²) in [6, 6.07) is 10.5. The highest BCUT2D eigenvalue weighted by atomic mass is 16.5. The van der Waals surface area contributed by atoms with E-state index in [1.165, 1.54) is 19.4 Å². The SMILES string of the molecule is COC(=O)c1cc(C#N)c(=O)n(CC(=O)N2c3ccccc3C[C@H]2C)c1. The first-order chi connectivity index (χ1) is 12.5. The minimum Gasteiger partial charge on any atom is -0.465 e. The first-order valence-electron chi connectivity index (χ1n) is 8.09. The van der Waals surface area contributed by atoms with Gasteiger partial charge >= 0.3 is 5.97 Å². The molecule has 26 heavy (non-hydrogen) atoms. The highest BCUT2D eigenvalue weighted by Crippen LogP contribution is 2.31. The fourth-order valence-electron chi connectivity index (χ4n) is 3.23. The summed E-state index contributed by atoms with van der Waals surface area (Å²) in [6.45, 7) is 1.67. The zero-order valence-corrected chi connectivity index (χ0v) is 14.4. The molecule has 132 valence electrons. The van der Waals surface area contributed by atoms with E-state index in [4.69, 9.17) is 5.26 Å². The Morgan fingerprint density at radius 3 is 2.77 bits per heavy atom. The number of fused-ring (bicyclic) bond motifs is 1. The van der Waals surface area contributed by atoms with E-state index in [-0.39, 0.29) is 29.6 Å². The molecule has 7 heteroatoms. The number of benzene rings is 1. The Hall–Kier alpha value is -3.40. The molecule has 3 rings (SSSR count). The van der Waals surface area contributed by atoms with Crippen LogP contribution < -0.4 is 10.5 Å². The lowest BCUT2D eigenvalue weighted by atomic mass is 10.1. The number of anilines is 1. The summed E-state index contributed by atoms with van der Waals surface area (Å²) in [4.78, 5) is 38.6. The first kappa shape index (κ1) is 17.4. The van der Waals surface area contributed by atoms with Crippen LogP contribution in [0.1, 0.15) is 28.4 Å². The summed E-state index contributed by atoms with van der Waals surface area (Å²) in [5.41, 5.74) is 1.11. The molecule has 0 unspecified atom stereocenters. The van der Waals surface area contributed by atoms with Crippen LogP contribution in [0.4, 0.5) is 5.69 Å². The largest absolute Gasteiger partial charge is 0.465 e. The van der Waals surface area contributed by atoms with E-state index in [1.54, 1.807) is 11.0 Å². The number of hydrogen-bond donors (Lipinski definition) is 0. The second kappa shape index (κ2) is 6.84. The molecule has 0 fully saturated rings. The average molecular weight is 351 g/mol. The van der Waals surface area contributed by atoms with Gasteiger partial charge in [-0.2, -0.15) is 5.26 Å². The Morgan fingerprint density at radius 2 is 2.08 bits per heavy atom. The van der Waals surface area contributed by atoms with E-state index < -0.39 is 11.5 Å². The van der Waals surface area contributed by atoms with Gasteiger partial charge < -0.3 is 14.2 Å². The third-order valence-electron chi connectivity index (χ3n) is 4.41. The van der Waals surface area contributed by atoms with Crippen LogP contribution in [-0.4, -0.2) is 29.6 Å². The molecule has 0 saturated heterocycles. The molecule has 2 aromatic rings. The molecule has 0 aliphatic carbocycles. The molecule has 1 aliphatic rings. The Labute approximate surface area is 150 Å². The molecule has 1 aromatic carbocycles. The summed E-state index contributed by atoms with van der Waals surface area (Å²) >= 11 is 0. The topological polar surface area (TPSA) is 92.4 Å². The number of ether oxygens (including phenoxy) is 1. The van der Waals surface area contributed by atoms with Gasteiger partial charge in [-0.3, -0.25) is 9.59 Å². The summed E-state index contributed by atoms with van der Waals surface area (Å²) in [5.74, 6) is -0.960. The van der Waals surface area contributed by atoms with Gasteiger partial charge in [0.05, 0.1) is 12.7 Å². The van der Waals surface area contributed by atoms with E-state index in [2.05, 4.69) is 4.74 Å². The summed E-state index contributed by atoms with van der Waals surface area (Å²) in [7, 11) is 1.21. The maximum atomic E-state index is 12.9. The molecule has 0 saturated carbocycles. The highest BCUT2D eigenvalue weighted by Gasteiger charge is 2.30. The fourth-order valence-corrected chi connectivity index (χ4v) is 3.23. The molecule has 0 spiro atoms. The number of hydrogen-bond acceptors (Lipinski definition) is 5. The van der Waals surface area contributed by atoms with E-state index in [0.717, 1.165) is 22.2 Å². The average Bonchev–Trinajstić information content (AvgIpc) is 2.98. The van der Waals surface area contributed by atoms with Crippen molar-refractivity contribution < 1.29 is 14.3 Å². The third-order valence-corrected chi connectivity index (χ3v) is 4.41. The van der Waals surface area contributed by atoms with Crippen molar-refractivity contribution >= 4 is 17.6 Å². The van der Waals surface area contributed by atoms with Crippen molar-refractivity contribution in [1.29, 1.82) is 5.26 Å². The maximum Gasteiger partial charge on any atom is 0.339 e. The predicted molar refractivity (Wildman–Crippen MR) is 93.9 cm³/mol. The molecule has 1 aromatic heterocycles. The second-order valence-corrected chi connectivity index (χ2v) is 6.12. The molecular weight excluding hydrogens is 334 g/mol. The van der Waals surface area contributed by atoms with E-state index in [0.29, 0.717) is 0 Å². The van der Waals surface area contributed by atoms with Crippen molar-refractivity contribution in [3.8, 4) is 6.07 Å². The number of rotatable bonds is 3. The van der Waals surface area contributed by atoms with Crippen LogP contribution in [0.3, 0.4) is 0 Å². The second-order valence-electron chi connectivity index (χ2n) is 6.12. The molecule has 0 radical (unpaired) electrons. The number of amides is 1. The van der Waals surface area contributed by atoms with Crippen molar-refractivity contribution in [2.24, 2.45) is 0 Å². The van der Waals surface area contributed by atoms with Crippen LogP contribution >= 0.6 is 0 Å². The molecule has 1 atom stereocenters. The number of nitrogens with zero attached hydrogens (tertiary/aromatic N) is 3. The van der Waals surface area contributed by atoms with Crippen molar-refractivity contribution in [1.82, 2.24) is 4.57 Å². The normalized spacial score (nSPS) is 15.3. The van der Waals surface area contributed by atoms with Gasteiger partial charge in [0.25, 0.3) is 5.56 Å². The maximum absolute atomic E-state index is 12.9. The number of aromatic nitrogens is 1. The fraction of sp³-hybridized carbons (Fsp3) is 0.263. The third kappa shape index (κ3) is 2.97. The van der Waals surface area contributed by atoms with E-state index in [1.807, 2.05) is 31.2 Å². The van der Waals surface area contributed by atoms with Gasteiger partial charge in [-0.25, -0.2) is 4.79 Å². The lowest BCUT2D eigenvalue weighted by molar-refractivity contribution is -0.119. The number of nitriles is 1. The predicted octanol–water partition coefficient (Wildman–Crippen LogP) is 1.48. The number of pyridine rings is 1. The minimum absolute atomic E-state index is 0.0326. The van der Waals surface area contributed by atoms with Crippen molar-refractivity contribution in [3.63, 3.8) is 0 Å². The number of carbonyl (C=O) groups is 2. The monoisotopic (exact) mass is 351 g/mol. The van der Waals surface area contributed by atoms with Gasteiger partial charge in [-0.1, -0.05) is 18.2 Å². The van der Waals surface area contributed by atoms with Gasteiger partial charge in [0, 0.05) is 17.9 Å². The minimum atomic E-state index is -0.678. The Balaban J connectivity index is 1.96. The highest BCUT2D eigenvalue weighted by molar-refractivity contribution is 5.96. The van der Waals surface area contributed by atoms with Crippen LogP contribution in [0, 0.1) is 11.3 Å². The van der Waals surface area contributed by atoms with Crippen LogP contribution in [-0.2, 0) is 22.5 Å². The Morgan fingerprint density at radius 1 is 1.35 bits per heavy atom. The summed E-state index contributed by atoms with van der Waals surface area (Å²) in [5, 5.41) is 9.13. The molecule has 0 bridgehead atoms. The van der Waals surface area contributed by atoms with E-state index in [9.17, 15) is 14.4 Å². The van der Waals surface area contributed by atoms with Crippen LogP contribution in [0.2, 0.25) is 0 Å². The standard InChI is InChI=1S/C19H17N3O4/c1-12-7-13-5-3-4-6-16(13)22(12)17(23)11-21-10-15(19(25)26-2)8-14(9-20)18(21)24/h3-6,8,10,12H,7,11H2,1-2H3/t12-/m1/s1. The van der Waals surface area contributed by atoms with Crippen LogP contribution in [0.15, 0.2) is 41.3 Å². The Bertz CT molecular complexity index is 987. The molecule has 1 amide bonds. The molecule has 1 aliphatic heterocycles. The first-order valence-corrected chi connectivity index (χ1v) is 8.09. The zero-order chi connectivity index (χ0) is 18.8. The van der Waals surface area contributed by atoms with E-state index >= 15 is 0 Å². The van der Waals surface area contributed by atoms with Crippen LogP contribution in [0.5, 0.6) is 0 Å². The molecule has 2 heterocycles. The quantitative estimate of drug-likeness (QED) is 0.781. The number of para-hydroxylation sites is 1. The summed E-state index contributed by atoms with van der Waals surface area (Å²) in [6.07, 6.45) is 1.99. The van der Waals surface area contributed by atoms with Crippen molar-refractivity contribution in [2.75, 3.05) is 12.0 Å². The van der Waals surface area contributed by atoms with Gasteiger partial charge in [0.15, 0.2) is 0 Å². The number of carbonyl (C=O) groups excluding carboxylic acids is 2. The molecule has 7 nitrogen and oxygen atoms in total. The van der Waals surface area contributed by atoms with Gasteiger partial charge in [0.1, 0.15) is 18.2 Å². The van der Waals surface area contributed by atoms with Gasteiger partial charge in [0.2, 0.25) is 5.91 Å². The smallest absolute Gasteiger partial charge is 0.339 e. The van der Waals surface area contributed by atoms with Crippen LogP contribution in [0.25, 0.3) is 0 Å². The van der Waals surface area contributed by atoms with Gasteiger partial charge in [-0.15, -0.1) is 0 Å². The number of esters is 1. The van der Waals surface area contributed by atoms with Gasteiger partial charge in [-0.05, 0) is 31.0 Å². The van der Waals surface area contributed by atoms with Crippen molar-refractivity contribution in [2.45, 2.75) is 25.9 Å². The Kier molecular flexibility index (Phi) is 4.59. The molecule has 0 N–H and O–H groups in total.